The van der Waals surface area contributed by atoms with E-state index in [-0.39, 0.29) is 11.5 Å². The summed E-state index contributed by atoms with van der Waals surface area (Å²) in [5, 5.41) is 18.3. The zero-order chi connectivity index (χ0) is 19.0. The second-order valence-corrected chi connectivity index (χ2v) is 6.14. The minimum absolute atomic E-state index is 0.107. The molecule has 8 heteroatoms. The van der Waals surface area contributed by atoms with Crippen LogP contribution < -0.4 is 5.32 Å². The van der Waals surface area contributed by atoms with E-state index in [2.05, 4.69) is 20.4 Å². The zero-order valence-corrected chi connectivity index (χ0v) is 14.4. The lowest BCUT2D eigenvalue weighted by Gasteiger charge is -2.07. The number of carbonyl (C=O) groups is 2. The number of amides is 1. The van der Waals surface area contributed by atoms with E-state index in [0.717, 1.165) is 16.6 Å². The van der Waals surface area contributed by atoms with Crippen molar-refractivity contribution in [3.05, 3.63) is 65.7 Å². The molecule has 4 rings (SSSR count). The topological polar surface area (TPSA) is 110 Å². The van der Waals surface area contributed by atoms with Gasteiger partial charge in [0.25, 0.3) is 5.91 Å². The molecule has 3 heterocycles. The minimum Gasteiger partial charge on any atom is -0.478 e. The van der Waals surface area contributed by atoms with Crippen molar-refractivity contribution in [2.24, 2.45) is 7.05 Å². The van der Waals surface area contributed by atoms with Crippen molar-refractivity contribution >= 4 is 33.7 Å². The van der Waals surface area contributed by atoms with Crippen LogP contribution in [0, 0.1) is 0 Å². The minimum atomic E-state index is -1.05. The Morgan fingerprint density at radius 1 is 1.11 bits per heavy atom. The number of carboxylic acids is 1. The van der Waals surface area contributed by atoms with E-state index in [0.29, 0.717) is 22.9 Å². The molecular weight excluding hydrogens is 346 g/mol. The van der Waals surface area contributed by atoms with Gasteiger partial charge in [0.05, 0.1) is 11.8 Å². The molecule has 0 fully saturated rings. The van der Waals surface area contributed by atoms with E-state index in [1.165, 1.54) is 6.20 Å². The van der Waals surface area contributed by atoms with E-state index < -0.39 is 5.97 Å². The van der Waals surface area contributed by atoms with Gasteiger partial charge in [-0.15, -0.1) is 0 Å². The number of hydrogen-bond donors (Lipinski definition) is 2. The van der Waals surface area contributed by atoms with Crippen LogP contribution in [0.15, 0.2) is 49.1 Å². The fourth-order valence-electron chi connectivity index (χ4n) is 2.96. The number of carboxylic acid groups (broad SMARTS) is 1. The average Bonchev–Trinajstić information content (AvgIpc) is 3.05. The Bertz CT molecular complexity index is 1200. The number of aromatic nitrogens is 4. The number of benzene rings is 1. The molecule has 0 saturated carbocycles. The Kier molecular flexibility index (Phi) is 4.00. The number of carbonyl (C=O) groups excluding carboxylic acids is 1. The molecule has 1 amide bonds. The Hall–Kier alpha value is -3.81. The number of fused-ring (bicyclic) bond motifs is 2. The fourth-order valence-corrected chi connectivity index (χ4v) is 2.96. The number of pyridine rings is 2. The molecule has 4 aromatic rings. The highest BCUT2D eigenvalue weighted by Crippen LogP contribution is 2.19. The van der Waals surface area contributed by atoms with Gasteiger partial charge in [-0.05, 0) is 29.1 Å². The molecule has 0 atom stereocenters. The number of rotatable bonds is 4. The van der Waals surface area contributed by atoms with Gasteiger partial charge in [-0.1, -0.05) is 6.07 Å². The maximum Gasteiger partial charge on any atom is 0.337 e. The Morgan fingerprint density at radius 3 is 2.78 bits per heavy atom. The van der Waals surface area contributed by atoms with Crippen molar-refractivity contribution in [3.63, 3.8) is 0 Å². The summed E-state index contributed by atoms with van der Waals surface area (Å²) in [4.78, 5) is 32.0. The highest BCUT2D eigenvalue weighted by molar-refractivity contribution is 6.05. The molecule has 1 aromatic carbocycles. The standard InChI is InChI=1S/C19H15N5O3/c1-24-17-14(9-23-24)4-11(6-21-17)7-22-18(25)12-2-3-15-13(5-12)8-20-10-16(15)19(26)27/h2-6,8-10H,7H2,1H3,(H,22,25)(H,26,27). The monoisotopic (exact) mass is 361 g/mol. The highest BCUT2D eigenvalue weighted by atomic mass is 16.4. The van der Waals surface area contributed by atoms with E-state index in [9.17, 15) is 14.7 Å². The lowest BCUT2D eigenvalue weighted by molar-refractivity contribution is 0.0698. The predicted octanol–water partition coefficient (Wildman–Crippen LogP) is 2.14. The van der Waals surface area contributed by atoms with Crippen LogP contribution in [0.5, 0.6) is 0 Å². The third kappa shape index (κ3) is 3.08. The van der Waals surface area contributed by atoms with Gasteiger partial charge in [0, 0.05) is 48.5 Å². The van der Waals surface area contributed by atoms with E-state index in [1.54, 1.807) is 41.5 Å². The van der Waals surface area contributed by atoms with Crippen molar-refractivity contribution in [2.75, 3.05) is 0 Å². The van der Waals surface area contributed by atoms with Crippen LogP contribution in [0.25, 0.3) is 21.8 Å². The van der Waals surface area contributed by atoms with Crippen LogP contribution in [0.2, 0.25) is 0 Å². The molecule has 134 valence electrons. The number of hydrogen-bond acceptors (Lipinski definition) is 5. The van der Waals surface area contributed by atoms with Gasteiger partial charge < -0.3 is 10.4 Å². The van der Waals surface area contributed by atoms with Crippen LogP contribution in [-0.4, -0.2) is 36.7 Å². The van der Waals surface area contributed by atoms with E-state index >= 15 is 0 Å². The summed E-state index contributed by atoms with van der Waals surface area (Å²) in [6.45, 7) is 0.322. The van der Waals surface area contributed by atoms with E-state index in [1.807, 2.05) is 13.1 Å². The molecule has 8 nitrogen and oxygen atoms in total. The summed E-state index contributed by atoms with van der Waals surface area (Å²) in [5.41, 5.74) is 2.18. The molecule has 0 bridgehead atoms. The largest absolute Gasteiger partial charge is 0.478 e. The summed E-state index contributed by atoms with van der Waals surface area (Å²) in [7, 11) is 1.82. The smallest absolute Gasteiger partial charge is 0.337 e. The first-order chi connectivity index (χ1) is 13.0. The van der Waals surface area contributed by atoms with Crippen molar-refractivity contribution in [3.8, 4) is 0 Å². The normalized spacial score (nSPS) is 11.0. The molecule has 0 unspecified atom stereocenters. The summed E-state index contributed by atoms with van der Waals surface area (Å²) in [6.07, 6.45) is 6.27. The van der Waals surface area contributed by atoms with Crippen LogP contribution >= 0.6 is 0 Å². The molecule has 0 aliphatic rings. The number of nitrogens with zero attached hydrogens (tertiary/aromatic N) is 4. The maximum atomic E-state index is 12.5. The molecule has 0 aliphatic heterocycles. The number of nitrogens with one attached hydrogen (secondary N) is 1. The molecule has 0 spiro atoms. The summed E-state index contributed by atoms with van der Waals surface area (Å²) >= 11 is 0. The second kappa shape index (κ2) is 6.49. The van der Waals surface area contributed by atoms with Crippen LogP contribution in [0.1, 0.15) is 26.3 Å². The number of aryl methyl sites for hydroxylation is 1. The van der Waals surface area contributed by atoms with Crippen molar-refractivity contribution < 1.29 is 14.7 Å². The molecule has 2 N–H and O–H groups in total. The van der Waals surface area contributed by atoms with Gasteiger partial charge in [-0.25, -0.2) is 9.78 Å². The third-order valence-electron chi connectivity index (χ3n) is 4.33. The maximum absolute atomic E-state index is 12.5. The first-order valence-electron chi connectivity index (χ1n) is 8.19. The summed E-state index contributed by atoms with van der Waals surface area (Å²) in [6, 6.07) is 6.79. The first-order valence-corrected chi connectivity index (χ1v) is 8.19. The van der Waals surface area contributed by atoms with Gasteiger partial charge in [0.1, 0.15) is 0 Å². The predicted molar refractivity (Wildman–Crippen MR) is 98.4 cm³/mol. The molecular formula is C19H15N5O3. The average molecular weight is 361 g/mol. The quantitative estimate of drug-likeness (QED) is 0.576. The van der Waals surface area contributed by atoms with E-state index in [4.69, 9.17) is 0 Å². The molecule has 3 aromatic heterocycles. The highest BCUT2D eigenvalue weighted by Gasteiger charge is 2.12. The molecule has 27 heavy (non-hydrogen) atoms. The van der Waals surface area contributed by atoms with Gasteiger partial charge in [-0.3, -0.25) is 14.5 Å². The van der Waals surface area contributed by atoms with Gasteiger partial charge in [0.15, 0.2) is 5.65 Å². The Labute approximate surface area is 153 Å². The van der Waals surface area contributed by atoms with Gasteiger partial charge >= 0.3 is 5.97 Å². The van der Waals surface area contributed by atoms with Gasteiger partial charge in [-0.2, -0.15) is 5.10 Å². The number of aromatic carboxylic acids is 1. The van der Waals surface area contributed by atoms with Crippen molar-refractivity contribution in [1.29, 1.82) is 0 Å². The lowest BCUT2D eigenvalue weighted by atomic mass is 10.0. The van der Waals surface area contributed by atoms with Crippen molar-refractivity contribution in [1.82, 2.24) is 25.1 Å². The Balaban J connectivity index is 1.54. The van der Waals surface area contributed by atoms with Crippen LogP contribution in [0.4, 0.5) is 0 Å². The van der Waals surface area contributed by atoms with Crippen LogP contribution in [-0.2, 0) is 13.6 Å². The fraction of sp³-hybridized carbons (Fsp3) is 0.105. The molecule has 0 aliphatic carbocycles. The third-order valence-corrected chi connectivity index (χ3v) is 4.33. The second-order valence-electron chi connectivity index (χ2n) is 6.14. The Morgan fingerprint density at radius 2 is 1.96 bits per heavy atom. The molecule has 0 saturated heterocycles. The van der Waals surface area contributed by atoms with Gasteiger partial charge in [0.2, 0.25) is 0 Å². The first kappa shape index (κ1) is 16.6. The SMILES string of the molecule is Cn1ncc2cc(CNC(=O)c3ccc4c(C(=O)O)cncc4c3)cnc21. The van der Waals surface area contributed by atoms with Crippen molar-refractivity contribution in [2.45, 2.75) is 6.54 Å². The lowest BCUT2D eigenvalue weighted by Crippen LogP contribution is -2.22. The summed E-state index contributed by atoms with van der Waals surface area (Å²) < 4.78 is 1.69. The zero-order valence-electron chi connectivity index (χ0n) is 14.4. The molecule has 0 radical (unpaired) electrons. The van der Waals surface area contributed by atoms with Crippen LogP contribution in [0.3, 0.4) is 0 Å². The summed E-state index contributed by atoms with van der Waals surface area (Å²) in [5.74, 6) is -1.31.